The molecule has 0 spiro atoms. The molecule has 1 fully saturated rings. The number of methoxy groups -OCH3 is 2. The van der Waals surface area contributed by atoms with E-state index in [0.717, 1.165) is 28.3 Å². The van der Waals surface area contributed by atoms with Gasteiger partial charge in [0, 0.05) is 55.5 Å². The number of aromatic carboxylic acids is 1. The Labute approximate surface area is 195 Å². The Morgan fingerprint density at radius 1 is 0.939 bits per heavy atom. The Kier molecular flexibility index (Phi) is 7.20. The predicted molar refractivity (Wildman–Crippen MR) is 129 cm³/mol. The molecule has 0 radical (unpaired) electrons. The fourth-order valence-electron chi connectivity index (χ4n) is 4.62. The minimum Gasteiger partial charge on any atom is -0.497 e. The average Bonchev–Trinajstić information content (AvgIpc) is 2.77. The lowest BCUT2D eigenvalue weighted by molar-refractivity contribution is -0.140. The van der Waals surface area contributed by atoms with E-state index in [-0.39, 0.29) is 5.91 Å². The Bertz CT molecular complexity index is 1020. The molecule has 1 saturated heterocycles. The number of hydrogen-bond donors (Lipinski definition) is 1. The van der Waals surface area contributed by atoms with E-state index in [1.807, 2.05) is 62.9 Å². The molecule has 2 aromatic rings. The molecule has 1 N–H and O–H groups in total. The van der Waals surface area contributed by atoms with Crippen molar-refractivity contribution in [3.63, 3.8) is 0 Å². The molecule has 7 nitrogen and oxygen atoms in total. The normalized spacial score (nSPS) is 14.2. The van der Waals surface area contributed by atoms with Gasteiger partial charge in [0.15, 0.2) is 0 Å². The van der Waals surface area contributed by atoms with Crippen LogP contribution in [0.2, 0.25) is 0 Å². The first-order valence-electron chi connectivity index (χ1n) is 11.2. The highest BCUT2D eigenvalue weighted by Crippen LogP contribution is 2.31. The summed E-state index contributed by atoms with van der Waals surface area (Å²) >= 11 is 0. The van der Waals surface area contributed by atoms with Crippen molar-refractivity contribution in [2.45, 2.75) is 34.1 Å². The maximum absolute atomic E-state index is 13.4. The van der Waals surface area contributed by atoms with Crippen LogP contribution < -0.4 is 14.4 Å². The van der Waals surface area contributed by atoms with Gasteiger partial charge in [-0.2, -0.15) is 0 Å². The number of amides is 1. The Morgan fingerprint density at radius 3 is 2.03 bits per heavy atom. The molecule has 1 aliphatic rings. The number of piperazine rings is 1. The second kappa shape index (κ2) is 9.73. The van der Waals surface area contributed by atoms with E-state index in [4.69, 9.17) is 9.47 Å². The number of carbonyl (C=O) groups is 2. The second-order valence-corrected chi connectivity index (χ2v) is 9.33. The molecule has 1 heterocycles. The fourth-order valence-corrected chi connectivity index (χ4v) is 4.62. The standard InChI is InChI=1S/C26H34N2O5/c1-17-11-18(2)23(24(29)30)19(12-17)16-26(3,4)25(31)28-9-7-27(8-10-28)20-13-21(32-5)15-22(14-20)33-6/h11-15H,7-10,16H2,1-6H3,(H,29,30). The lowest BCUT2D eigenvalue weighted by atomic mass is 9.81. The van der Waals surface area contributed by atoms with E-state index < -0.39 is 11.4 Å². The zero-order chi connectivity index (χ0) is 24.3. The minimum absolute atomic E-state index is 0.0425. The van der Waals surface area contributed by atoms with Crippen LogP contribution in [-0.4, -0.2) is 62.3 Å². The number of aryl methyl sites for hydroxylation is 2. The molecular weight excluding hydrogens is 420 g/mol. The van der Waals surface area contributed by atoms with Gasteiger partial charge in [0.1, 0.15) is 11.5 Å². The third kappa shape index (κ3) is 5.41. The summed E-state index contributed by atoms with van der Waals surface area (Å²) in [7, 11) is 3.26. The van der Waals surface area contributed by atoms with E-state index in [1.165, 1.54) is 0 Å². The molecule has 3 rings (SSSR count). The second-order valence-electron chi connectivity index (χ2n) is 9.33. The van der Waals surface area contributed by atoms with Crippen LogP contribution >= 0.6 is 0 Å². The predicted octanol–water partition coefficient (Wildman–Crippen LogP) is 3.94. The highest BCUT2D eigenvalue weighted by Gasteiger charge is 2.35. The summed E-state index contributed by atoms with van der Waals surface area (Å²) in [6.07, 6.45) is 0.378. The van der Waals surface area contributed by atoms with Crippen LogP contribution in [0.4, 0.5) is 5.69 Å². The van der Waals surface area contributed by atoms with Crippen LogP contribution in [0.3, 0.4) is 0 Å². The topological polar surface area (TPSA) is 79.3 Å². The van der Waals surface area contributed by atoms with Crippen molar-refractivity contribution in [1.29, 1.82) is 0 Å². The van der Waals surface area contributed by atoms with E-state index in [1.54, 1.807) is 14.2 Å². The van der Waals surface area contributed by atoms with Gasteiger partial charge in [0.2, 0.25) is 5.91 Å². The number of carboxylic acids is 1. The smallest absolute Gasteiger partial charge is 0.336 e. The summed E-state index contributed by atoms with van der Waals surface area (Å²) in [4.78, 5) is 29.4. The van der Waals surface area contributed by atoms with Crippen molar-refractivity contribution in [2.24, 2.45) is 5.41 Å². The number of rotatable bonds is 7. The summed E-state index contributed by atoms with van der Waals surface area (Å²) in [5.74, 6) is 0.548. The van der Waals surface area contributed by atoms with E-state index in [0.29, 0.717) is 43.7 Å². The molecule has 0 atom stereocenters. The largest absolute Gasteiger partial charge is 0.497 e. The van der Waals surface area contributed by atoms with Crippen molar-refractivity contribution in [1.82, 2.24) is 4.90 Å². The molecule has 7 heteroatoms. The van der Waals surface area contributed by atoms with Gasteiger partial charge in [-0.25, -0.2) is 4.79 Å². The van der Waals surface area contributed by atoms with Gasteiger partial charge in [0.25, 0.3) is 0 Å². The molecule has 178 valence electrons. The van der Waals surface area contributed by atoms with Gasteiger partial charge >= 0.3 is 5.97 Å². The lowest BCUT2D eigenvalue weighted by Gasteiger charge is -2.39. The van der Waals surface area contributed by atoms with Crippen LogP contribution in [0, 0.1) is 19.3 Å². The van der Waals surface area contributed by atoms with Crippen molar-refractivity contribution in [2.75, 3.05) is 45.3 Å². The minimum atomic E-state index is -0.951. The monoisotopic (exact) mass is 454 g/mol. The summed E-state index contributed by atoms with van der Waals surface area (Å²) in [6.45, 7) is 10.1. The maximum atomic E-state index is 13.4. The highest BCUT2D eigenvalue weighted by molar-refractivity contribution is 5.92. The van der Waals surface area contributed by atoms with Gasteiger partial charge in [0.05, 0.1) is 19.8 Å². The van der Waals surface area contributed by atoms with Gasteiger partial charge in [-0.05, 0) is 31.4 Å². The highest BCUT2D eigenvalue weighted by atomic mass is 16.5. The van der Waals surface area contributed by atoms with E-state index in [9.17, 15) is 14.7 Å². The van der Waals surface area contributed by atoms with Gasteiger partial charge < -0.3 is 24.4 Å². The Balaban J connectivity index is 1.73. The summed E-state index contributed by atoms with van der Waals surface area (Å²) in [5, 5.41) is 9.71. The summed E-state index contributed by atoms with van der Waals surface area (Å²) in [6, 6.07) is 9.53. The van der Waals surface area contributed by atoms with Crippen molar-refractivity contribution in [3.05, 3.63) is 52.6 Å². The van der Waals surface area contributed by atoms with Crippen LogP contribution in [-0.2, 0) is 11.2 Å². The fraction of sp³-hybridized carbons (Fsp3) is 0.462. The summed E-state index contributed by atoms with van der Waals surface area (Å²) in [5.41, 5.74) is 3.02. The molecule has 1 amide bonds. The van der Waals surface area contributed by atoms with E-state index >= 15 is 0 Å². The number of carbonyl (C=O) groups excluding carboxylic acids is 1. The van der Waals surface area contributed by atoms with Crippen LogP contribution in [0.25, 0.3) is 0 Å². The first-order chi connectivity index (χ1) is 15.6. The van der Waals surface area contributed by atoms with Crippen LogP contribution in [0.1, 0.15) is 40.9 Å². The number of ether oxygens (including phenoxy) is 2. The zero-order valence-corrected chi connectivity index (χ0v) is 20.4. The SMILES string of the molecule is COc1cc(OC)cc(N2CCN(C(=O)C(C)(C)Cc3cc(C)cc(C)c3C(=O)O)CC2)c1. The molecule has 1 aliphatic heterocycles. The van der Waals surface area contributed by atoms with Crippen molar-refractivity contribution < 1.29 is 24.2 Å². The van der Waals surface area contributed by atoms with Crippen molar-refractivity contribution >= 4 is 17.6 Å². The number of benzene rings is 2. The van der Waals surface area contributed by atoms with Gasteiger partial charge in [-0.3, -0.25) is 4.79 Å². The first-order valence-corrected chi connectivity index (χ1v) is 11.2. The van der Waals surface area contributed by atoms with Crippen LogP contribution in [0.15, 0.2) is 30.3 Å². The van der Waals surface area contributed by atoms with Crippen LogP contribution in [0.5, 0.6) is 11.5 Å². The molecule has 0 aromatic heterocycles. The Hall–Kier alpha value is -3.22. The number of hydrogen-bond acceptors (Lipinski definition) is 5. The average molecular weight is 455 g/mol. The molecule has 0 aliphatic carbocycles. The quantitative estimate of drug-likeness (QED) is 0.683. The maximum Gasteiger partial charge on any atom is 0.336 e. The lowest BCUT2D eigenvalue weighted by Crippen LogP contribution is -2.52. The van der Waals surface area contributed by atoms with Gasteiger partial charge in [-0.1, -0.05) is 31.5 Å². The first kappa shape index (κ1) is 24.4. The Morgan fingerprint density at radius 2 is 1.52 bits per heavy atom. The van der Waals surface area contributed by atoms with E-state index in [2.05, 4.69) is 4.90 Å². The molecule has 33 heavy (non-hydrogen) atoms. The van der Waals surface area contributed by atoms with Gasteiger partial charge in [-0.15, -0.1) is 0 Å². The third-order valence-corrected chi connectivity index (χ3v) is 6.25. The molecule has 0 bridgehead atoms. The van der Waals surface area contributed by atoms with Crippen molar-refractivity contribution in [3.8, 4) is 11.5 Å². The third-order valence-electron chi connectivity index (χ3n) is 6.25. The molecule has 2 aromatic carbocycles. The zero-order valence-electron chi connectivity index (χ0n) is 20.4. The molecule has 0 saturated carbocycles. The number of anilines is 1. The summed E-state index contributed by atoms with van der Waals surface area (Å²) < 4.78 is 10.8. The molecular formula is C26H34N2O5. The molecule has 0 unspecified atom stereocenters. The number of nitrogens with zero attached hydrogens (tertiary/aromatic N) is 2. The number of carboxylic acid groups (broad SMARTS) is 1.